The SMILES string of the molecule is CC(C)CP(CC(C)C)c1ccccn1. The Morgan fingerprint density at radius 1 is 1.07 bits per heavy atom. The van der Waals surface area contributed by atoms with E-state index in [1.54, 1.807) is 0 Å². The second kappa shape index (κ2) is 6.23. The van der Waals surface area contributed by atoms with Gasteiger partial charge in [-0.15, -0.1) is 0 Å². The first-order chi connectivity index (χ1) is 7.09. The van der Waals surface area contributed by atoms with Gasteiger partial charge in [-0.3, -0.25) is 4.98 Å². The van der Waals surface area contributed by atoms with E-state index >= 15 is 0 Å². The third-order valence-corrected chi connectivity index (χ3v) is 5.40. The molecule has 0 N–H and O–H groups in total. The predicted molar refractivity (Wildman–Crippen MR) is 70.2 cm³/mol. The molecule has 0 aliphatic rings. The summed E-state index contributed by atoms with van der Waals surface area (Å²) in [4.78, 5) is 4.51. The van der Waals surface area contributed by atoms with Gasteiger partial charge in [0.05, 0.1) is 5.44 Å². The zero-order valence-corrected chi connectivity index (χ0v) is 11.2. The molecular weight excluding hydrogens is 201 g/mol. The summed E-state index contributed by atoms with van der Waals surface area (Å²) in [7, 11) is -0.0458. The van der Waals surface area contributed by atoms with Crippen LogP contribution in [0.5, 0.6) is 0 Å². The minimum Gasteiger partial charge on any atom is -0.257 e. The molecule has 2 heteroatoms. The molecule has 1 nitrogen and oxygen atoms in total. The first-order valence-corrected chi connectivity index (χ1v) is 7.46. The number of hydrogen-bond donors (Lipinski definition) is 0. The van der Waals surface area contributed by atoms with Crippen molar-refractivity contribution in [2.45, 2.75) is 27.7 Å². The van der Waals surface area contributed by atoms with Crippen LogP contribution in [0.3, 0.4) is 0 Å². The van der Waals surface area contributed by atoms with Gasteiger partial charge in [0.15, 0.2) is 0 Å². The molecule has 0 amide bonds. The maximum atomic E-state index is 4.51. The summed E-state index contributed by atoms with van der Waals surface area (Å²) in [6, 6.07) is 6.30. The Hall–Kier alpha value is -0.420. The maximum absolute atomic E-state index is 4.51. The normalized spacial score (nSPS) is 11.7. The lowest BCUT2D eigenvalue weighted by Crippen LogP contribution is -2.14. The molecule has 0 radical (unpaired) electrons. The average Bonchev–Trinajstić information content (AvgIpc) is 2.17. The Labute approximate surface area is 95.1 Å². The van der Waals surface area contributed by atoms with Crippen LogP contribution < -0.4 is 5.44 Å². The highest BCUT2D eigenvalue weighted by molar-refractivity contribution is 7.65. The lowest BCUT2D eigenvalue weighted by molar-refractivity contribution is 0.721. The van der Waals surface area contributed by atoms with Crippen LogP contribution in [0.25, 0.3) is 0 Å². The van der Waals surface area contributed by atoms with Crippen LogP contribution in [0.2, 0.25) is 0 Å². The molecule has 1 aromatic rings. The van der Waals surface area contributed by atoms with Gasteiger partial charge in [-0.1, -0.05) is 41.7 Å². The van der Waals surface area contributed by atoms with Crippen LogP contribution in [-0.2, 0) is 0 Å². The summed E-state index contributed by atoms with van der Waals surface area (Å²) in [5.41, 5.74) is 1.33. The molecule has 1 rings (SSSR count). The summed E-state index contributed by atoms with van der Waals surface area (Å²) >= 11 is 0. The smallest absolute Gasteiger partial charge is 0.0631 e. The predicted octanol–water partition coefficient (Wildman–Crippen LogP) is 3.50. The molecule has 0 aromatic carbocycles. The molecule has 0 unspecified atom stereocenters. The van der Waals surface area contributed by atoms with Crippen molar-refractivity contribution in [3.8, 4) is 0 Å². The topological polar surface area (TPSA) is 12.9 Å². The largest absolute Gasteiger partial charge is 0.257 e. The quantitative estimate of drug-likeness (QED) is 0.696. The number of hydrogen-bond acceptors (Lipinski definition) is 1. The number of aromatic nitrogens is 1. The molecule has 0 aliphatic heterocycles. The van der Waals surface area contributed by atoms with Gasteiger partial charge in [-0.25, -0.2) is 0 Å². The fraction of sp³-hybridized carbons (Fsp3) is 0.615. The van der Waals surface area contributed by atoms with Gasteiger partial charge >= 0.3 is 0 Å². The fourth-order valence-electron chi connectivity index (χ4n) is 1.68. The second-order valence-electron chi connectivity index (χ2n) is 4.88. The first kappa shape index (κ1) is 12.6. The molecule has 1 heterocycles. The van der Waals surface area contributed by atoms with E-state index in [0.29, 0.717) is 0 Å². The van der Waals surface area contributed by atoms with Crippen molar-refractivity contribution in [1.29, 1.82) is 0 Å². The first-order valence-electron chi connectivity index (χ1n) is 5.75. The second-order valence-corrected chi connectivity index (χ2v) is 7.15. The molecule has 0 aliphatic carbocycles. The lowest BCUT2D eigenvalue weighted by atomic mass is 10.3. The molecule has 84 valence electrons. The molecule has 0 atom stereocenters. The van der Waals surface area contributed by atoms with E-state index in [0.717, 1.165) is 11.8 Å². The van der Waals surface area contributed by atoms with Crippen LogP contribution in [0, 0.1) is 11.8 Å². The fourth-order valence-corrected chi connectivity index (χ4v) is 4.50. The van der Waals surface area contributed by atoms with Gasteiger partial charge in [0.1, 0.15) is 0 Å². The van der Waals surface area contributed by atoms with Crippen molar-refractivity contribution >= 4 is 13.4 Å². The van der Waals surface area contributed by atoms with Gasteiger partial charge in [0.25, 0.3) is 0 Å². The van der Waals surface area contributed by atoms with Gasteiger partial charge in [0.2, 0.25) is 0 Å². The van der Waals surface area contributed by atoms with Crippen molar-refractivity contribution in [3.05, 3.63) is 24.4 Å². The van der Waals surface area contributed by atoms with E-state index < -0.39 is 0 Å². The Kier molecular flexibility index (Phi) is 5.25. The molecular formula is C13H22NP. The molecule has 0 saturated carbocycles. The van der Waals surface area contributed by atoms with Crippen molar-refractivity contribution in [2.24, 2.45) is 11.8 Å². The summed E-state index contributed by atoms with van der Waals surface area (Å²) in [6.45, 7) is 9.22. The van der Waals surface area contributed by atoms with Gasteiger partial charge in [0, 0.05) is 6.20 Å². The van der Waals surface area contributed by atoms with Crippen molar-refractivity contribution in [1.82, 2.24) is 4.98 Å². The summed E-state index contributed by atoms with van der Waals surface area (Å²) < 4.78 is 0. The van der Waals surface area contributed by atoms with E-state index in [1.807, 2.05) is 12.3 Å². The zero-order valence-electron chi connectivity index (χ0n) is 10.3. The maximum Gasteiger partial charge on any atom is 0.0631 e. The van der Waals surface area contributed by atoms with Crippen molar-refractivity contribution in [3.63, 3.8) is 0 Å². The summed E-state index contributed by atoms with van der Waals surface area (Å²) in [5.74, 6) is 1.55. The highest BCUT2D eigenvalue weighted by Gasteiger charge is 2.15. The molecule has 0 saturated heterocycles. The average molecular weight is 223 g/mol. The van der Waals surface area contributed by atoms with Gasteiger partial charge in [-0.2, -0.15) is 0 Å². The third-order valence-electron chi connectivity index (χ3n) is 2.14. The molecule has 1 aromatic heterocycles. The van der Waals surface area contributed by atoms with E-state index in [2.05, 4.69) is 44.8 Å². The lowest BCUT2D eigenvalue weighted by Gasteiger charge is -2.20. The third kappa shape index (κ3) is 4.75. The Morgan fingerprint density at radius 3 is 2.07 bits per heavy atom. The zero-order chi connectivity index (χ0) is 11.3. The summed E-state index contributed by atoms with van der Waals surface area (Å²) in [6.07, 6.45) is 4.54. The summed E-state index contributed by atoms with van der Waals surface area (Å²) in [5, 5.41) is 0. The van der Waals surface area contributed by atoms with Crippen LogP contribution in [0.4, 0.5) is 0 Å². The Bertz CT molecular complexity index is 259. The van der Waals surface area contributed by atoms with E-state index in [1.165, 1.54) is 17.8 Å². The highest BCUT2D eigenvalue weighted by atomic mass is 31.1. The molecule has 0 spiro atoms. The standard InChI is InChI=1S/C13H22NP/c1-11(2)9-15(10-12(3)4)13-7-5-6-8-14-13/h5-8,11-12H,9-10H2,1-4H3. The number of rotatable bonds is 5. The number of pyridine rings is 1. The van der Waals surface area contributed by atoms with Gasteiger partial charge in [-0.05, 0) is 36.3 Å². The Balaban J connectivity index is 2.72. The van der Waals surface area contributed by atoms with E-state index in [9.17, 15) is 0 Å². The van der Waals surface area contributed by atoms with Crippen LogP contribution >= 0.6 is 7.92 Å². The number of nitrogens with zero attached hydrogens (tertiary/aromatic N) is 1. The van der Waals surface area contributed by atoms with Crippen LogP contribution in [0.15, 0.2) is 24.4 Å². The molecule has 0 fully saturated rings. The van der Waals surface area contributed by atoms with Gasteiger partial charge < -0.3 is 0 Å². The molecule has 15 heavy (non-hydrogen) atoms. The minimum atomic E-state index is -0.0458. The van der Waals surface area contributed by atoms with E-state index in [-0.39, 0.29) is 7.92 Å². The highest BCUT2D eigenvalue weighted by Crippen LogP contribution is 2.37. The van der Waals surface area contributed by atoms with E-state index in [4.69, 9.17) is 0 Å². The van der Waals surface area contributed by atoms with Crippen LogP contribution in [-0.4, -0.2) is 17.3 Å². The minimum absolute atomic E-state index is 0.0458. The Morgan fingerprint density at radius 2 is 1.67 bits per heavy atom. The monoisotopic (exact) mass is 223 g/mol. The van der Waals surface area contributed by atoms with Crippen molar-refractivity contribution < 1.29 is 0 Å². The van der Waals surface area contributed by atoms with Crippen molar-refractivity contribution in [2.75, 3.05) is 12.3 Å². The molecule has 0 bridgehead atoms. The van der Waals surface area contributed by atoms with Crippen LogP contribution in [0.1, 0.15) is 27.7 Å².